The molecular weight excluding hydrogens is 493 g/mol. The summed E-state index contributed by atoms with van der Waals surface area (Å²) in [6.07, 6.45) is -0.447. The maximum absolute atomic E-state index is 12.9. The van der Waals surface area contributed by atoms with E-state index in [4.69, 9.17) is 10.5 Å². The lowest BCUT2D eigenvalue weighted by Gasteiger charge is -2.26. The molecule has 3 heterocycles. The molecule has 1 aliphatic heterocycles. The van der Waals surface area contributed by atoms with Gasteiger partial charge in [0.2, 0.25) is 11.9 Å². The Morgan fingerprint density at radius 3 is 2.38 bits per heavy atom. The monoisotopic (exact) mass is 516 g/mol. The second kappa shape index (κ2) is 11.3. The number of hydrogen-bond acceptors (Lipinski definition) is 9. The van der Waals surface area contributed by atoms with Gasteiger partial charge in [-0.2, -0.15) is 0 Å². The molecule has 1 saturated heterocycles. The van der Waals surface area contributed by atoms with E-state index in [1.54, 1.807) is 30.7 Å². The van der Waals surface area contributed by atoms with Crippen molar-refractivity contribution in [1.82, 2.24) is 19.9 Å². The van der Waals surface area contributed by atoms with Gasteiger partial charge in [-0.25, -0.2) is 9.97 Å². The highest BCUT2D eigenvalue weighted by Crippen LogP contribution is 2.32. The third kappa shape index (κ3) is 7.44. The molecular formula is C24H23F3N6O4. The second-order valence-electron chi connectivity index (χ2n) is 8.16. The SMILES string of the molecule is Nc1ncc(-c2ccc(CC(=O)c3ccc(OC(F)(F)F)c(NC(=O)CN4CCOCC4)c3)nc2)cn1. The van der Waals surface area contributed by atoms with Crippen LogP contribution in [0.25, 0.3) is 11.1 Å². The molecule has 3 aromatic rings. The van der Waals surface area contributed by atoms with Crippen LogP contribution in [0.1, 0.15) is 16.1 Å². The number of halogens is 3. The molecule has 4 rings (SSSR count). The second-order valence-corrected chi connectivity index (χ2v) is 8.16. The number of amides is 1. The Morgan fingerprint density at radius 2 is 1.73 bits per heavy atom. The van der Waals surface area contributed by atoms with E-state index in [1.165, 1.54) is 12.1 Å². The minimum absolute atomic E-state index is 0.0394. The minimum Gasteiger partial charge on any atom is -0.404 e. The molecule has 194 valence electrons. The highest BCUT2D eigenvalue weighted by Gasteiger charge is 2.32. The molecule has 0 bridgehead atoms. The van der Waals surface area contributed by atoms with E-state index in [-0.39, 0.29) is 30.2 Å². The summed E-state index contributed by atoms with van der Waals surface area (Å²) in [6, 6.07) is 6.77. The molecule has 2 aromatic heterocycles. The first-order valence-corrected chi connectivity index (χ1v) is 11.2. The van der Waals surface area contributed by atoms with Crippen LogP contribution in [0.3, 0.4) is 0 Å². The number of nitrogens with one attached hydrogen (secondary N) is 1. The molecule has 1 aromatic carbocycles. The van der Waals surface area contributed by atoms with Crippen molar-refractivity contribution in [3.63, 3.8) is 0 Å². The zero-order valence-corrected chi connectivity index (χ0v) is 19.5. The number of anilines is 2. The van der Waals surface area contributed by atoms with E-state index in [0.29, 0.717) is 37.6 Å². The quantitative estimate of drug-likeness (QED) is 0.434. The van der Waals surface area contributed by atoms with Crippen LogP contribution in [0.5, 0.6) is 5.75 Å². The van der Waals surface area contributed by atoms with Crippen molar-refractivity contribution < 1.29 is 32.2 Å². The Labute approximate surface area is 209 Å². The summed E-state index contributed by atoms with van der Waals surface area (Å²) in [5.41, 5.74) is 7.18. The number of nitrogens with two attached hydrogens (primary N) is 1. The maximum Gasteiger partial charge on any atom is 0.573 e. The van der Waals surface area contributed by atoms with Gasteiger partial charge in [-0.3, -0.25) is 19.5 Å². The number of benzene rings is 1. The molecule has 1 amide bonds. The summed E-state index contributed by atoms with van der Waals surface area (Å²) in [5.74, 6) is -1.42. The van der Waals surface area contributed by atoms with Gasteiger partial charge in [0.05, 0.1) is 31.9 Å². The molecule has 37 heavy (non-hydrogen) atoms. The van der Waals surface area contributed by atoms with Crippen molar-refractivity contribution >= 4 is 23.3 Å². The van der Waals surface area contributed by atoms with E-state index in [0.717, 1.165) is 11.6 Å². The van der Waals surface area contributed by atoms with Crippen LogP contribution >= 0.6 is 0 Å². The van der Waals surface area contributed by atoms with Gasteiger partial charge in [0.25, 0.3) is 0 Å². The number of nitrogens with zero attached hydrogens (tertiary/aromatic N) is 4. The fraction of sp³-hybridized carbons (Fsp3) is 0.292. The van der Waals surface area contributed by atoms with Crippen molar-refractivity contribution in [3.8, 4) is 16.9 Å². The number of alkyl halides is 3. The molecule has 13 heteroatoms. The third-order valence-corrected chi connectivity index (χ3v) is 5.44. The van der Waals surface area contributed by atoms with Gasteiger partial charge in [-0.1, -0.05) is 6.07 Å². The fourth-order valence-electron chi connectivity index (χ4n) is 3.62. The summed E-state index contributed by atoms with van der Waals surface area (Å²) in [5, 5.41) is 2.43. The van der Waals surface area contributed by atoms with Crippen LogP contribution in [0, 0.1) is 0 Å². The Kier molecular flexibility index (Phi) is 7.94. The smallest absolute Gasteiger partial charge is 0.404 e. The molecule has 0 aliphatic carbocycles. The minimum atomic E-state index is -4.98. The van der Waals surface area contributed by atoms with Crippen LogP contribution in [-0.2, 0) is 16.0 Å². The first kappa shape index (κ1) is 26.0. The predicted octanol–water partition coefficient (Wildman–Crippen LogP) is 2.72. The Hall–Kier alpha value is -4.10. The van der Waals surface area contributed by atoms with Crippen LogP contribution < -0.4 is 15.8 Å². The lowest BCUT2D eigenvalue weighted by Crippen LogP contribution is -2.41. The molecule has 1 fully saturated rings. The molecule has 0 unspecified atom stereocenters. The largest absolute Gasteiger partial charge is 0.573 e. The molecule has 1 aliphatic rings. The van der Waals surface area contributed by atoms with E-state index in [2.05, 4.69) is 25.0 Å². The topological polar surface area (TPSA) is 133 Å². The van der Waals surface area contributed by atoms with Gasteiger partial charge in [-0.15, -0.1) is 13.2 Å². The van der Waals surface area contributed by atoms with Crippen LogP contribution in [0.4, 0.5) is 24.8 Å². The van der Waals surface area contributed by atoms with Gasteiger partial charge >= 0.3 is 6.36 Å². The number of pyridine rings is 1. The van der Waals surface area contributed by atoms with E-state index < -0.39 is 23.8 Å². The molecule has 0 saturated carbocycles. The molecule has 10 nitrogen and oxygen atoms in total. The summed E-state index contributed by atoms with van der Waals surface area (Å²) in [4.78, 5) is 39.3. The highest BCUT2D eigenvalue weighted by atomic mass is 19.4. The summed E-state index contributed by atoms with van der Waals surface area (Å²) in [6.45, 7) is 1.93. The number of carbonyl (C=O) groups excluding carboxylic acids is 2. The summed E-state index contributed by atoms with van der Waals surface area (Å²) < 4.78 is 48.0. The average molecular weight is 516 g/mol. The normalized spacial score (nSPS) is 14.2. The standard InChI is InChI=1S/C24H23F3N6O4/c25-24(26,27)37-21-4-2-15(9-19(21)32-22(35)14-33-5-7-36-8-6-33)20(34)10-18-3-1-16(11-29-18)17-12-30-23(28)31-13-17/h1-4,9,11-13H,5-8,10,14H2,(H,32,35)(H2,28,30,31). The first-order chi connectivity index (χ1) is 17.7. The van der Waals surface area contributed by atoms with Crippen molar-refractivity contribution in [1.29, 1.82) is 0 Å². The van der Waals surface area contributed by atoms with Crippen LogP contribution in [-0.4, -0.2) is 70.8 Å². The molecule has 0 atom stereocenters. The van der Waals surface area contributed by atoms with Gasteiger partial charge in [0.15, 0.2) is 11.5 Å². The van der Waals surface area contributed by atoms with Gasteiger partial charge in [0, 0.05) is 54.1 Å². The van der Waals surface area contributed by atoms with Gasteiger partial charge < -0.3 is 20.5 Å². The van der Waals surface area contributed by atoms with Crippen molar-refractivity contribution in [2.75, 3.05) is 43.9 Å². The van der Waals surface area contributed by atoms with E-state index in [1.807, 2.05) is 4.90 Å². The van der Waals surface area contributed by atoms with Gasteiger partial charge in [-0.05, 0) is 24.3 Å². The van der Waals surface area contributed by atoms with Gasteiger partial charge in [0.1, 0.15) is 0 Å². The van der Waals surface area contributed by atoms with E-state index in [9.17, 15) is 22.8 Å². The zero-order valence-electron chi connectivity index (χ0n) is 19.5. The van der Waals surface area contributed by atoms with Crippen molar-refractivity contribution in [2.24, 2.45) is 0 Å². The predicted molar refractivity (Wildman–Crippen MR) is 127 cm³/mol. The fourth-order valence-corrected chi connectivity index (χ4v) is 3.62. The number of morpholine rings is 1. The lowest BCUT2D eigenvalue weighted by atomic mass is 10.0. The van der Waals surface area contributed by atoms with Crippen LogP contribution in [0.15, 0.2) is 48.9 Å². The number of hydrogen-bond donors (Lipinski definition) is 2. The number of rotatable bonds is 8. The molecule has 3 N–H and O–H groups in total. The van der Waals surface area contributed by atoms with E-state index >= 15 is 0 Å². The number of nitrogen functional groups attached to an aromatic ring is 1. The Balaban J connectivity index is 1.48. The number of carbonyl (C=O) groups is 2. The summed E-state index contributed by atoms with van der Waals surface area (Å²) >= 11 is 0. The zero-order chi connectivity index (χ0) is 26.4. The molecule has 0 radical (unpaired) electrons. The average Bonchev–Trinajstić information content (AvgIpc) is 2.86. The third-order valence-electron chi connectivity index (χ3n) is 5.44. The van der Waals surface area contributed by atoms with Crippen molar-refractivity contribution in [2.45, 2.75) is 12.8 Å². The number of ether oxygens (including phenoxy) is 2. The van der Waals surface area contributed by atoms with Crippen molar-refractivity contribution in [3.05, 3.63) is 60.2 Å². The number of Topliss-reactive ketones (excluding diaryl/α,β-unsaturated/α-hetero) is 1. The number of ketones is 1. The Morgan fingerprint density at radius 1 is 1.03 bits per heavy atom. The highest BCUT2D eigenvalue weighted by molar-refractivity contribution is 6.00. The Bertz CT molecular complexity index is 1250. The summed E-state index contributed by atoms with van der Waals surface area (Å²) in [7, 11) is 0. The van der Waals surface area contributed by atoms with Crippen LogP contribution in [0.2, 0.25) is 0 Å². The lowest BCUT2D eigenvalue weighted by molar-refractivity contribution is -0.274. The maximum atomic E-state index is 12.9. The first-order valence-electron chi connectivity index (χ1n) is 11.2. The number of aromatic nitrogens is 3. The molecule has 0 spiro atoms.